The molecule has 2 fully saturated rings. The topological polar surface area (TPSA) is 98.1 Å². The zero-order chi connectivity index (χ0) is 31.5. The van der Waals surface area contributed by atoms with Gasteiger partial charge in [0.25, 0.3) is 0 Å². The molecule has 236 valence electrons. The van der Waals surface area contributed by atoms with Gasteiger partial charge in [-0.3, -0.25) is 9.69 Å². The Bertz CT molecular complexity index is 1600. The van der Waals surface area contributed by atoms with E-state index in [0.717, 1.165) is 41.5 Å². The van der Waals surface area contributed by atoms with Crippen molar-refractivity contribution in [2.24, 2.45) is 0 Å². The number of carbonyl (C=O) groups is 1. The second kappa shape index (κ2) is 13.5. The van der Waals surface area contributed by atoms with Gasteiger partial charge >= 0.3 is 6.01 Å². The van der Waals surface area contributed by atoms with E-state index in [1.165, 1.54) is 6.08 Å². The summed E-state index contributed by atoms with van der Waals surface area (Å²) < 4.78 is 12.8. The number of rotatable bonds is 8. The average molecular weight is 630 g/mol. The van der Waals surface area contributed by atoms with E-state index in [-0.39, 0.29) is 18.4 Å². The van der Waals surface area contributed by atoms with Gasteiger partial charge in [0.1, 0.15) is 18.9 Å². The number of hydrogen-bond donors (Lipinski definition) is 0. The Balaban J connectivity index is 1.36. The number of nitrogens with zero attached hydrogens (tertiary/aromatic N) is 7. The molecule has 1 aromatic heterocycles. The van der Waals surface area contributed by atoms with Crippen molar-refractivity contribution in [1.82, 2.24) is 19.8 Å². The standard InChI is InChI=1S/C34H40ClN7O3/c1-4-30(43)42-17-16-40(20-25(42)13-14-36)33-32-28(37-34(38-33)45-22-26-10-7-15-41(26)23(2)3)21-39(18-19-44-32)29-12-6-9-24-8-5-11-27(35)31(24)29/h4-6,8-9,11-12,23,25-26H,1,7,10,13,15-22H2,2-3H3/t25-,26-/m0/s1. The summed E-state index contributed by atoms with van der Waals surface area (Å²) in [7, 11) is 0. The van der Waals surface area contributed by atoms with E-state index in [0.29, 0.717) is 80.6 Å². The van der Waals surface area contributed by atoms with Crippen LogP contribution in [0, 0.1) is 11.3 Å². The fourth-order valence-corrected chi connectivity index (χ4v) is 7.16. The summed E-state index contributed by atoms with van der Waals surface area (Å²) in [4.78, 5) is 31.0. The van der Waals surface area contributed by atoms with Gasteiger partial charge in [0, 0.05) is 42.8 Å². The maximum Gasteiger partial charge on any atom is 0.318 e. The molecule has 2 saturated heterocycles. The third-order valence-electron chi connectivity index (χ3n) is 9.08. The highest BCUT2D eigenvalue weighted by Crippen LogP contribution is 2.39. The average Bonchev–Trinajstić information content (AvgIpc) is 3.42. The van der Waals surface area contributed by atoms with Crippen LogP contribution < -0.4 is 19.3 Å². The van der Waals surface area contributed by atoms with Crippen molar-refractivity contribution in [3.63, 3.8) is 0 Å². The summed E-state index contributed by atoms with van der Waals surface area (Å²) in [6.45, 7) is 12.6. The Kier molecular flexibility index (Phi) is 9.29. The predicted octanol–water partition coefficient (Wildman–Crippen LogP) is 5.05. The van der Waals surface area contributed by atoms with Gasteiger partial charge in [-0.25, -0.2) is 0 Å². The number of fused-ring (bicyclic) bond motifs is 2. The molecule has 3 aromatic rings. The number of aromatic nitrogens is 2. The molecule has 0 saturated carbocycles. The van der Waals surface area contributed by atoms with Crippen molar-refractivity contribution in [2.75, 3.05) is 55.7 Å². The third kappa shape index (κ3) is 6.37. The molecule has 0 spiro atoms. The van der Waals surface area contributed by atoms with Gasteiger partial charge < -0.3 is 24.2 Å². The van der Waals surface area contributed by atoms with Gasteiger partial charge in [-0.2, -0.15) is 15.2 Å². The number of carbonyl (C=O) groups excluding carboxylic acids is 1. The number of halogens is 1. The highest BCUT2D eigenvalue weighted by Gasteiger charge is 2.34. The van der Waals surface area contributed by atoms with Gasteiger partial charge in [0.15, 0.2) is 11.6 Å². The first-order valence-electron chi connectivity index (χ1n) is 15.8. The first-order chi connectivity index (χ1) is 21.9. The van der Waals surface area contributed by atoms with Crippen LogP contribution in [0.25, 0.3) is 10.8 Å². The van der Waals surface area contributed by atoms with Crippen LogP contribution in [0.15, 0.2) is 49.1 Å². The smallest absolute Gasteiger partial charge is 0.318 e. The SMILES string of the molecule is C=CC(=O)N1CCN(c2nc(OC[C@@H]3CCCN3C(C)C)nc3c2OCCN(c2cccc4cccc(Cl)c24)C3)C[C@@H]1CC#N. The van der Waals surface area contributed by atoms with Gasteiger partial charge in [-0.15, -0.1) is 0 Å². The largest absolute Gasteiger partial charge is 0.486 e. The Labute approximate surface area is 269 Å². The van der Waals surface area contributed by atoms with E-state index in [1.807, 2.05) is 18.2 Å². The van der Waals surface area contributed by atoms with E-state index in [4.69, 9.17) is 31.0 Å². The van der Waals surface area contributed by atoms with Crippen LogP contribution in [0.3, 0.4) is 0 Å². The van der Waals surface area contributed by atoms with Gasteiger partial charge in [-0.1, -0.05) is 42.4 Å². The van der Waals surface area contributed by atoms with E-state index in [9.17, 15) is 10.1 Å². The van der Waals surface area contributed by atoms with Crippen LogP contribution in [0.1, 0.15) is 38.8 Å². The molecule has 6 rings (SSSR count). The summed E-state index contributed by atoms with van der Waals surface area (Å²) >= 11 is 6.72. The van der Waals surface area contributed by atoms with E-state index in [2.05, 4.69) is 59.4 Å². The molecule has 0 bridgehead atoms. The Morgan fingerprint density at radius 1 is 1.16 bits per heavy atom. The summed E-state index contributed by atoms with van der Waals surface area (Å²) in [6.07, 6.45) is 3.73. The van der Waals surface area contributed by atoms with Crippen LogP contribution in [-0.4, -0.2) is 89.7 Å². The summed E-state index contributed by atoms with van der Waals surface area (Å²) in [5, 5.41) is 12.3. The lowest BCUT2D eigenvalue weighted by molar-refractivity contribution is -0.128. The van der Waals surface area contributed by atoms with Crippen LogP contribution in [0.2, 0.25) is 5.02 Å². The number of ether oxygens (including phenoxy) is 2. The summed E-state index contributed by atoms with van der Waals surface area (Å²) in [6, 6.07) is 15.1. The highest BCUT2D eigenvalue weighted by atomic mass is 35.5. The molecule has 2 atom stereocenters. The number of benzene rings is 2. The molecule has 11 heteroatoms. The van der Waals surface area contributed by atoms with E-state index >= 15 is 0 Å². The maximum atomic E-state index is 12.6. The first-order valence-corrected chi connectivity index (χ1v) is 16.1. The second-order valence-electron chi connectivity index (χ2n) is 12.1. The van der Waals surface area contributed by atoms with Gasteiger partial charge in [0.05, 0.1) is 36.6 Å². The Hall–Kier alpha value is -4.07. The summed E-state index contributed by atoms with van der Waals surface area (Å²) in [5.74, 6) is 1.07. The minimum atomic E-state index is -0.303. The molecule has 10 nitrogen and oxygen atoms in total. The molecule has 0 N–H and O–H groups in total. The number of nitriles is 1. The molecular formula is C34H40ClN7O3. The molecule has 2 aromatic carbocycles. The molecule has 0 unspecified atom stereocenters. The highest BCUT2D eigenvalue weighted by molar-refractivity contribution is 6.36. The monoisotopic (exact) mass is 629 g/mol. The first kappa shape index (κ1) is 30.9. The van der Waals surface area contributed by atoms with Crippen molar-refractivity contribution in [2.45, 2.75) is 57.8 Å². The minimum Gasteiger partial charge on any atom is -0.486 e. The minimum absolute atomic E-state index is 0.174. The van der Waals surface area contributed by atoms with Crippen molar-refractivity contribution in [1.29, 1.82) is 5.26 Å². The van der Waals surface area contributed by atoms with Crippen LogP contribution in [0.4, 0.5) is 11.5 Å². The fourth-order valence-electron chi connectivity index (χ4n) is 6.88. The van der Waals surface area contributed by atoms with Crippen molar-refractivity contribution >= 4 is 39.8 Å². The third-order valence-corrected chi connectivity index (χ3v) is 9.39. The molecule has 0 radical (unpaired) electrons. The Morgan fingerprint density at radius 2 is 1.98 bits per heavy atom. The molecule has 0 aliphatic carbocycles. The lowest BCUT2D eigenvalue weighted by Crippen LogP contribution is -2.55. The number of hydrogen-bond acceptors (Lipinski definition) is 9. The lowest BCUT2D eigenvalue weighted by atomic mass is 10.1. The molecule has 3 aliphatic rings. The predicted molar refractivity (Wildman–Crippen MR) is 176 cm³/mol. The van der Waals surface area contributed by atoms with Gasteiger partial charge in [-0.05, 0) is 56.8 Å². The van der Waals surface area contributed by atoms with Crippen LogP contribution in [0.5, 0.6) is 11.8 Å². The lowest BCUT2D eigenvalue weighted by Gasteiger charge is -2.41. The zero-order valence-electron chi connectivity index (χ0n) is 26.0. The molecule has 4 heterocycles. The molecule has 3 aliphatic heterocycles. The number of anilines is 2. The van der Waals surface area contributed by atoms with Crippen LogP contribution >= 0.6 is 11.6 Å². The number of likely N-dealkylation sites (tertiary alicyclic amines) is 1. The van der Waals surface area contributed by atoms with Gasteiger partial charge in [0.2, 0.25) is 5.91 Å². The second-order valence-corrected chi connectivity index (χ2v) is 12.5. The van der Waals surface area contributed by atoms with Crippen molar-refractivity contribution in [3.8, 4) is 17.8 Å². The molecular weight excluding hydrogens is 590 g/mol. The normalized spacial score (nSPS) is 20.5. The number of amides is 1. The summed E-state index contributed by atoms with van der Waals surface area (Å²) in [5.41, 5.74) is 1.74. The quantitative estimate of drug-likeness (QED) is 0.317. The molecule has 1 amide bonds. The number of piperazine rings is 1. The maximum absolute atomic E-state index is 12.6. The van der Waals surface area contributed by atoms with E-state index < -0.39 is 0 Å². The Morgan fingerprint density at radius 3 is 2.76 bits per heavy atom. The van der Waals surface area contributed by atoms with Crippen LogP contribution in [-0.2, 0) is 11.3 Å². The zero-order valence-corrected chi connectivity index (χ0v) is 26.7. The van der Waals surface area contributed by atoms with Crippen molar-refractivity contribution < 1.29 is 14.3 Å². The fraction of sp³-hybridized carbons (Fsp3) is 0.471. The van der Waals surface area contributed by atoms with E-state index in [1.54, 1.807) is 4.90 Å². The van der Waals surface area contributed by atoms with Crippen molar-refractivity contribution in [3.05, 3.63) is 59.8 Å². The molecule has 45 heavy (non-hydrogen) atoms.